The lowest BCUT2D eigenvalue weighted by atomic mass is 10.0. The van der Waals surface area contributed by atoms with Gasteiger partial charge in [0.15, 0.2) is 0 Å². The van der Waals surface area contributed by atoms with Crippen LogP contribution in [0.3, 0.4) is 0 Å². The monoisotopic (exact) mass is 243 g/mol. The van der Waals surface area contributed by atoms with Gasteiger partial charge in [-0.05, 0) is 32.2 Å². The summed E-state index contributed by atoms with van der Waals surface area (Å²) in [6.45, 7) is 7.61. The first-order chi connectivity index (χ1) is 8.02. The molecule has 0 saturated carbocycles. The standard InChI is InChI=1S/C14H29NO2/c1-12(2)8-6-4-5-7-11-15-13(3)9-10-14(16)17/h12-13,15H,4-11H2,1-3H3,(H,16,17). The maximum Gasteiger partial charge on any atom is 0.303 e. The molecular weight excluding hydrogens is 214 g/mol. The van der Waals surface area contributed by atoms with Crippen LogP contribution in [0.2, 0.25) is 0 Å². The quantitative estimate of drug-likeness (QED) is 0.547. The van der Waals surface area contributed by atoms with Gasteiger partial charge in [0.25, 0.3) is 0 Å². The van der Waals surface area contributed by atoms with Gasteiger partial charge >= 0.3 is 5.97 Å². The maximum absolute atomic E-state index is 10.4. The van der Waals surface area contributed by atoms with Crippen molar-refractivity contribution in [2.45, 2.75) is 71.8 Å². The lowest BCUT2D eigenvalue weighted by Gasteiger charge is -2.12. The highest BCUT2D eigenvalue weighted by Gasteiger charge is 2.03. The largest absolute Gasteiger partial charge is 0.481 e. The third kappa shape index (κ3) is 13.4. The second-order valence-electron chi connectivity index (χ2n) is 5.38. The van der Waals surface area contributed by atoms with Crippen molar-refractivity contribution >= 4 is 5.97 Å². The van der Waals surface area contributed by atoms with Crippen LogP contribution in [0.25, 0.3) is 0 Å². The summed E-state index contributed by atoms with van der Waals surface area (Å²) in [5, 5.41) is 11.9. The smallest absolute Gasteiger partial charge is 0.303 e. The van der Waals surface area contributed by atoms with E-state index in [1.807, 2.05) is 0 Å². The molecule has 0 rings (SSSR count). The minimum atomic E-state index is -0.702. The lowest BCUT2D eigenvalue weighted by Crippen LogP contribution is -2.27. The normalized spacial score (nSPS) is 12.9. The van der Waals surface area contributed by atoms with Gasteiger partial charge in [-0.25, -0.2) is 0 Å². The number of nitrogens with one attached hydrogen (secondary N) is 1. The summed E-state index contributed by atoms with van der Waals surface area (Å²) in [7, 11) is 0. The molecule has 3 nitrogen and oxygen atoms in total. The predicted octanol–water partition coefficient (Wildman–Crippen LogP) is 3.44. The Bertz CT molecular complexity index is 193. The molecule has 0 amide bonds. The van der Waals surface area contributed by atoms with E-state index >= 15 is 0 Å². The van der Waals surface area contributed by atoms with Gasteiger partial charge in [0, 0.05) is 12.5 Å². The number of hydrogen-bond donors (Lipinski definition) is 2. The van der Waals surface area contributed by atoms with Crippen molar-refractivity contribution in [1.82, 2.24) is 5.32 Å². The van der Waals surface area contributed by atoms with E-state index in [0.29, 0.717) is 6.04 Å². The summed E-state index contributed by atoms with van der Waals surface area (Å²) in [6, 6.07) is 0.321. The van der Waals surface area contributed by atoms with Crippen LogP contribution in [0.15, 0.2) is 0 Å². The van der Waals surface area contributed by atoms with Crippen molar-refractivity contribution in [2.75, 3.05) is 6.54 Å². The molecule has 102 valence electrons. The molecule has 1 unspecified atom stereocenters. The molecule has 0 aliphatic carbocycles. The maximum atomic E-state index is 10.4. The fourth-order valence-corrected chi connectivity index (χ4v) is 1.82. The molecule has 0 radical (unpaired) electrons. The van der Waals surface area contributed by atoms with Crippen LogP contribution in [0.4, 0.5) is 0 Å². The molecule has 0 spiro atoms. The summed E-state index contributed by atoms with van der Waals surface area (Å²) in [4.78, 5) is 10.4. The highest BCUT2D eigenvalue weighted by atomic mass is 16.4. The second kappa shape index (κ2) is 10.6. The molecular formula is C14H29NO2. The van der Waals surface area contributed by atoms with Gasteiger partial charge < -0.3 is 10.4 Å². The molecule has 0 aromatic rings. The van der Waals surface area contributed by atoms with Crippen LogP contribution >= 0.6 is 0 Å². The average Bonchev–Trinajstić information content (AvgIpc) is 2.24. The minimum Gasteiger partial charge on any atom is -0.481 e. The SMILES string of the molecule is CC(C)CCCCCCNC(C)CCC(=O)O. The molecule has 0 heterocycles. The van der Waals surface area contributed by atoms with Gasteiger partial charge in [-0.3, -0.25) is 4.79 Å². The fraction of sp³-hybridized carbons (Fsp3) is 0.929. The Hall–Kier alpha value is -0.570. The van der Waals surface area contributed by atoms with Gasteiger partial charge in [0.1, 0.15) is 0 Å². The number of carboxylic acids is 1. The average molecular weight is 243 g/mol. The predicted molar refractivity (Wildman–Crippen MR) is 72.3 cm³/mol. The summed E-state index contributed by atoms with van der Waals surface area (Å²) in [5.41, 5.74) is 0. The zero-order valence-corrected chi connectivity index (χ0v) is 11.7. The first-order valence-electron chi connectivity index (χ1n) is 6.97. The topological polar surface area (TPSA) is 49.3 Å². The van der Waals surface area contributed by atoms with Crippen molar-refractivity contribution in [2.24, 2.45) is 5.92 Å². The molecule has 0 aliphatic rings. The van der Waals surface area contributed by atoms with E-state index in [9.17, 15) is 4.79 Å². The second-order valence-corrected chi connectivity index (χ2v) is 5.38. The van der Waals surface area contributed by atoms with Gasteiger partial charge in [-0.15, -0.1) is 0 Å². The zero-order chi connectivity index (χ0) is 13.1. The van der Waals surface area contributed by atoms with E-state index in [2.05, 4.69) is 26.1 Å². The van der Waals surface area contributed by atoms with Crippen LogP contribution in [-0.2, 0) is 4.79 Å². The minimum absolute atomic E-state index is 0.266. The van der Waals surface area contributed by atoms with Gasteiger partial charge in [0.05, 0.1) is 0 Å². The summed E-state index contributed by atoms with van der Waals surface area (Å²) in [6.07, 6.45) is 7.48. The Morgan fingerprint density at radius 1 is 1.06 bits per heavy atom. The van der Waals surface area contributed by atoms with E-state index in [0.717, 1.165) is 18.9 Å². The summed E-state index contributed by atoms with van der Waals surface area (Å²) in [5.74, 6) is 0.122. The molecule has 17 heavy (non-hydrogen) atoms. The summed E-state index contributed by atoms with van der Waals surface area (Å²) < 4.78 is 0. The van der Waals surface area contributed by atoms with Crippen molar-refractivity contribution in [3.05, 3.63) is 0 Å². The molecule has 3 heteroatoms. The van der Waals surface area contributed by atoms with Gasteiger partial charge in [0.2, 0.25) is 0 Å². The Morgan fingerprint density at radius 3 is 2.29 bits per heavy atom. The van der Waals surface area contributed by atoms with E-state index < -0.39 is 5.97 Å². The molecule has 0 aliphatic heterocycles. The van der Waals surface area contributed by atoms with E-state index in [1.165, 1.54) is 32.1 Å². The first-order valence-corrected chi connectivity index (χ1v) is 6.97. The third-order valence-corrected chi connectivity index (χ3v) is 2.99. The van der Waals surface area contributed by atoms with Crippen LogP contribution in [-0.4, -0.2) is 23.7 Å². The first kappa shape index (κ1) is 16.4. The molecule has 1 atom stereocenters. The van der Waals surface area contributed by atoms with Crippen LogP contribution < -0.4 is 5.32 Å². The Kier molecular flexibility index (Phi) is 10.2. The zero-order valence-electron chi connectivity index (χ0n) is 11.7. The van der Waals surface area contributed by atoms with E-state index in [4.69, 9.17) is 5.11 Å². The number of carboxylic acid groups (broad SMARTS) is 1. The van der Waals surface area contributed by atoms with E-state index in [-0.39, 0.29) is 6.42 Å². The molecule has 0 fully saturated rings. The summed E-state index contributed by atoms with van der Waals surface area (Å²) >= 11 is 0. The molecule has 0 aromatic heterocycles. The van der Waals surface area contributed by atoms with Crippen LogP contribution in [0, 0.1) is 5.92 Å². The number of aliphatic carboxylic acids is 1. The Morgan fingerprint density at radius 2 is 1.71 bits per heavy atom. The number of unbranched alkanes of at least 4 members (excludes halogenated alkanes) is 3. The number of carbonyl (C=O) groups is 1. The van der Waals surface area contributed by atoms with Crippen molar-refractivity contribution < 1.29 is 9.90 Å². The highest BCUT2D eigenvalue weighted by Crippen LogP contribution is 2.09. The lowest BCUT2D eigenvalue weighted by molar-refractivity contribution is -0.137. The Labute approximate surface area is 106 Å². The van der Waals surface area contributed by atoms with E-state index in [1.54, 1.807) is 0 Å². The highest BCUT2D eigenvalue weighted by molar-refractivity contribution is 5.66. The fourth-order valence-electron chi connectivity index (χ4n) is 1.82. The molecule has 0 saturated heterocycles. The molecule has 0 bridgehead atoms. The van der Waals surface area contributed by atoms with Gasteiger partial charge in [-0.1, -0.05) is 39.5 Å². The Balaban J connectivity index is 3.19. The van der Waals surface area contributed by atoms with Gasteiger partial charge in [-0.2, -0.15) is 0 Å². The van der Waals surface area contributed by atoms with Crippen LogP contribution in [0.1, 0.15) is 65.7 Å². The number of hydrogen-bond acceptors (Lipinski definition) is 2. The van der Waals surface area contributed by atoms with Crippen molar-refractivity contribution in [3.8, 4) is 0 Å². The third-order valence-electron chi connectivity index (χ3n) is 2.99. The molecule has 0 aromatic carbocycles. The van der Waals surface area contributed by atoms with Crippen molar-refractivity contribution in [1.29, 1.82) is 0 Å². The molecule has 2 N–H and O–H groups in total. The van der Waals surface area contributed by atoms with Crippen LogP contribution in [0.5, 0.6) is 0 Å². The van der Waals surface area contributed by atoms with Crippen molar-refractivity contribution in [3.63, 3.8) is 0 Å². The number of rotatable bonds is 11.